The smallest absolute Gasteiger partial charge is 0.410 e. The van der Waals surface area contributed by atoms with Crippen molar-refractivity contribution in [2.24, 2.45) is 0 Å². The number of carbonyl (C=O) groups excluding carboxylic acids is 2. The molecule has 18 nitrogen and oxygen atoms in total. The molecule has 0 saturated carbocycles. The molecule has 6 rings (SSSR count). The van der Waals surface area contributed by atoms with Crippen LogP contribution in [0.3, 0.4) is 0 Å². The van der Waals surface area contributed by atoms with E-state index in [1.807, 2.05) is 78.6 Å². The summed E-state index contributed by atoms with van der Waals surface area (Å²) < 4.78 is 40.3. The predicted octanol–water partition coefficient (Wildman–Crippen LogP) is 13.8. The normalized spacial score (nSPS) is 16.8. The Hall–Kier alpha value is -4.17. The molecule has 0 bridgehead atoms. The Labute approximate surface area is 497 Å². The van der Waals surface area contributed by atoms with Crippen molar-refractivity contribution in [3.05, 3.63) is 53.6 Å². The first-order valence-electron chi connectivity index (χ1n) is 30.3. The second-order valence-corrected chi connectivity index (χ2v) is 51.8. The van der Waals surface area contributed by atoms with E-state index < -0.39 is 43.5 Å². The molecular formula is C60H108N10O8Si4. The van der Waals surface area contributed by atoms with Gasteiger partial charge in [0.1, 0.15) is 49.8 Å². The topological polar surface area (TPSA) is 163 Å². The summed E-state index contributed by atoms with van der Waals surface area (Å²) in [5.41, 5.74) is 4.50. The molecule has 0 spiro atoms. The summed E-state index contributed by atoms with van der Waals surface area (Å²) in [6.45, 7) is 53.2. The number of ether oxygens (including phenoxy) is 6. The van der Waals surface area contributed by atoms with E-state index in [2.05, 4.69) is 112 Å². The lowest BCUT2D eigenvalue weighted by Crippen LogP contribution is -2.42. The maximum atomic E-state index is 13.0. The molecule has 0 aromatic carbocycles. The Kier molecular flexibility index (Phi) is 24.9. The van der Waals surface area contributed by atoms with Gasteiger partial charge in [0, 0.05) is 120 Å². The third-order valence-corrected chi connectivity index (χ3v) is 21.1. The molecule has 22 heteroatoms. The molecule has 2 unspecified atom stereocenters. The zero-order chi connectivity index (χ0) is 60.8. The zero-order valence-corrected chi connectivity index (χ0v) is 58.3. The van der Waals surface area contributed by atoms with E-state index in [4.69, 9.17) is 38.4 Å². The van der Waals surface area contributed by atoms with Crippen LogP contribution in [0.4, 0.5) is 21.2 Å². The van der Waals surface area contributed by atoms with E-state index in [-0.39, 0.29) is 24.0 Å². The number of hydrogen-bond acceptors (Lipinski definition) is 14. The lowest BCUT2D eigenvalue weighted by Gasteiger charge is -2.35. The van der Waals surface area contributed by atoms with E-state index >= 15 is 0 Å². The van der Waals surface area contributed by atoms with E-state index in [1.54, 1.807) is 12.4 Å². The second-order valence-electron chi connectivity index (χ2n) is 29.3. The Balaban J connectivity index is 0.000000301. The Bertz CT molecular complexity index is 2620. The summed E-state index contributed by atoms with van der Waals surface area (Å²) in [5, 5.41) is 9.32. The molecule has 2 atom stereocenters. The van der Waals surface area contributed by atoms with Gasteiger partial charge in [0.2, 0.25) is 0 Å². The number of likely N-dealkylation sites (tertiary alicyclic amines) is 2. The number of amides is 2. The molecule has 2 aliphatic rings. The van der Waals surface area contributed by atoms with Gasteiger partial charge in [0.25, 0.3) is 0 Å². The van der Waals surface area contributed by atoms with Gasteiger partial charge in [-0.25, -0.2) is 19.6 Å². The molecular weight excluding hydrogens is 1100 g/mol. The van der Waals surface area contributed by atoms with E-state index in [0.717, 1.165) is 115 Å². The van der Waals surface area contributed by atoms with Crippen molar-refractivity contribution >= 4 is 73.5 Å². The van der Waals surface area contributed by atoms with Gasteiger partial charge in [-0.15, -0.1) is 0 Å². The minimum Gasteiger partial charge on any atom is -0.444 e. The van der Waals surface area contributed by atoms with Crippen LogP contribution >= 0.6 is 0 Å². The number of aromatic nitrogens is 6. The molecule has 4 aromatic heterocycles. The molecule has 2 fully saturated rings. The fourth-order valence-corrected chi connectivity index (χ4v) is 12.7. The first kappa shape index (κ1) is 68.6. The molecule has 2 saturated heterocycles. The summed E-state index contributed by atoms with van der Waals surface area (Å²) in [7, 11) is -4.89. The zero-order valence-electron chi connectivity index (χ0n) is 54.3. The van der Waals surface area contributed by atoms with Gasteiger partial charge in [-0.1, -0.05) is 98.1 Å². The van der Waals surface area contributed by atoms with Crippen LogP contribution in [0.25, 0.3) is 17.4 Å². The van der Waals surface area contributed by atoms with E-state index in [9.17, 15) is 9.59 Å². The van der Waals surface area contributed by atoms with Crippen molar-refractivity contribution < 1.29 is 38.0 Å². The average molecular weight is 1210 g/mol. The van der Waals surface area contributed by atoms with E-state index in [1.165, 1.54) is 0 Å². The van der Waals surface area contributed by atoms with Crippen molar-refractivity contribution in [1.82, 2.24) is 39.0 Å². The lowest BCUT2D eigenvalue weighted by molar-refractivity contribution is 0.0187. The third-order valence-electron chi connectivity index (χ3n) is 14.3. The average Bonchev–Trinajstić information content (AvgIpc) is 3.72. The van der Waals surface area contributed by atoms with Crippen LogP contribution in [0.15, 0.2) is 31.1 Å². The number of nitrogens with zero attached hydrogens (tertiary/aromatic N) is 10. The van der Waals surface area contributed by atoms with Gasteiger partial charge < -0.3 is 48.0 Å². The maximum Gasteiger partial charge on any atom is 0.410 e. The summed E-state index contributed by atoms with van der Waals surface area (Å²) in [6, 6.07) is 8.28. The van der Waals surface area contributed by atoms with Crippen LogP contribution in [0.2, 0.25) is 103 Å². The number of rotatable bonds is 26. The van der Waals surface area contributed by atoms with Crippen molar-refractivity contribution in [3.8, 4) is 0 Å². The number of anilines is 2. The highest BCUT2D eigenvalue weighted by atomic mass is 28.3. The number of piperidine rings is 2. The van der Waals surface area contributed by atoms with Gasteiger partial charge in [-0.2, -0.15) is 19.2 Å². The lowest BCUT2D eigenvalue weighted by atomic mass is 9.91. The Morgan fingerprint density at radius 1 is 0.585 bits per heavy atom. The van der Waals surface area contributed by atoms with Gasteiger partial charge in [-0.05, 0) is 97.8 Å². The number of hydrogen-bond donors (Lipinski definition) is 0. The van der Waals surface area contributed by atoms with Gasteiger partial charge in [0.05, 0.1) is 23.8 Å². The van der Waals surface area contributed by atoms with Gasteiger partial charge in [-0.3, -0.25) is 0 Å². The minimum absolute atomic E-state index is 0.0467. The largest absolute Gasteiger partial charge is 0.444 e. The fourth-order valence-electron chi connectivity index (χ4n) is 9.66. The first-order valence-corrected chi connectivity index (χ1v) is 45.1. The summed E-state index contributed by atoms with van der Waals surface area (Å²) >= 11 is 0. The molecule has 0 radical (unpaired) electrons. The van der Waals surface area contributed by atoms with Crippen molar-refractivity contribution in [2.75, 3.05) is 89.3 Å². The summed E-state index contributed by atoms with van der Waals surface area (Å²) in [6.07, 6.45) is 9.40. The molecule has 82 heavy (non-hydrogen) atoms. The number of carbonyl (C=O) groups is 2. The molecule has 6 heterocycles. The highest BCUT2D eigenvalue weighted by Gasteiger charge is 2.35. The van der Waals surface area contributed by atoms with Crippen molar-refractivity contribution in [3.63, 3.8) is 0 Å². The van der Waals surface area contributed by atoms with Crippen LogP contribution in [-0.4, -0.2) is 174 Å². The van der Waals surface area contributed by atoms with Crippen molar-refractivity contribution in [1.29, 1.82) is 0 Å². The minimum atomic E-state index is -1.23. The molecule has 2 aliphatic heterocycles. The fraction of sp³-hybridized carbons (Fsp3) is 0.733. The van der Waals surface area contributed by atoms with Crippen LogP contribution < -0.4 is 9.80 Å². The first-order chi connectivity index (χ1) is 38.2. The van der Waals surface area contributed by atoms with Crippen LogP contribution in [0.5, 0.6) is 0 Å². The predicted molar refractivity (Wildman–Crippen MR) is 346 cm³/mol. The second kappa shape index (κ2) is 29.8. The highest BCUT2D eigenvalue weighted by Crippen LogP contribution is 2.37. The van der Waals surface area contributed by atoms with Gasteiger partial charge >= 0.3 is 12.2 Å². The quantitative estimate of drug-likeness (QED) is 0.0331. The molecule has 2 amide bonds. The van der Waals surface area contributed by atoms with Crippen LogP contribution in [-0.2, 0) is 34.8 Å². The SMILES string of the molecule is C=Cc1c(C2CCCN(C(=O)OC(C)(C)C)C2)nc2ccnn2c1N(COCC[Si](C)(C)C)COCC[Si](C)(C)C.CCc1c(C2CCCN(C(=O)OC(C)(C)C)C2)nc2ccnn2c1N(COCC[Si](C)(C)C)COCC[Si](C)(C)C. The summed E-state index contributed by atoms with van der Waals surface area (Å²) in [4.78, 5) is 44.0. The highest BCUT2D eigenvalue weighted by molar-refractivity contribution is 6.77. The van der Waals surface area contributed by atoms with Gasteiger partial charge in [0.15, 0.2) is 11.3 Å². The number of fused-ring (bicyclic) bond motifs is 2. The Morgan fingerprint density at radius 3 is 1.29 bits per heavy atom. The van der Waals surface area contributed by atoms with Crippen molar-refractivity contribution in [2.45, 2.75) is 206 Å². The van der Waals surface area contributed by atoms with Crippen LogP contribution in [0.1, 0.15) is 109 Å². The molecule has 0 aliphatic carbocycles. The third kappa shape index (κ3) is 22.4. The molecule has 0 N–H and O–H groups in total. The Morgan fingerprint density at radius 2 is 0.939 bits per heavy atom. The molecule has 462 valence electrons. The maximum absolute atomic E-state index is 13.0. The monoisotopic (exact) mass is 1210 g/mol. The summed E-state index contributed by atoms with van der Waals surface area (Å²) in [5.74, 6) is 2.01. The van der Waals surface area contributed by atoms with Crippen LogP contribution in [0, 0.1) is 0 Å². The van der Waals surface area contributed by atoms with E-state index in [0.29, 0.717) is 66.3 Å². The standard InChI is InChI=1S/C30H55N5O4Si2.C30H53N5O4Si2/c2*1-11-25-27(24-13-12-16-33(21-24)29(36)39-30(2,3)4)32-26-14-15-31-35(26)28(25)34(22-37-17-19-40(5,6)7)23-38-18-20-41(8,9)10/h14-15,24H,11-13,16-23H2,1-10H3;11,14-15,24H,1,12-13,16-23H2,2-10H3. The molecule has 4 aromatic rings.